The Balaban J connectivity index is 2.37. The molecule has 0 amide bonds. The highest BCUT2D eigenvalue weighted by Gasteiger charge is 2.20. The van der Waals surface area contributed by atoms with Crippen molar-refractivity contribution in [3.63, 3.8) is 0 Å². The number of carboxylic acids is 1. The number of fused-ring (bicyclic) bond motifs is 1. The zero-order valence-corrected chi connectivity index (χ0v) is 9.03. The van der Waals surface area contributed by atoms with Crippen LogP contribution in [0.25, 0.3) is 0 Å². The molecule has 1 aromatic rings. The first kappa shape index (κ1) is 10.2. The number of nitrogens with zero attached hydrogens (tertiary/aromatic N) is 1. The lowest BCUT2D eigenvalue weighted by Gasteiger charge is -2.31. The molecule has 0 spiro atoms. The monoisotopic (exact) mass is 205 g/mol. The second-order valence-electron chi connectivity index (χ2n) is 4.26. The van der Waals surface area contributed by atoms with Crippen LogP contribution >= 0.6 is 0 Å². The molecular weight excluding hydrogens is 190 g/mol. The third-order valence-corrected chi connectivity index (χ3v) is 3.14. The molecule has 1 unspecified atom stereocenters. The Morgan fingerprint density at radius 2 is 2.20 bits per heavy atom. The van der Waals surface area contributed by atoms with Crippen LogP contribution in [0.5, 0.6) is 0 Å². The van der Waals surface area contributed by atoms with Crippen molar-refractivity contribution in [1.29, 1.82) is 0 Å². The fourth-order valence-corrected chi connectivity index (χ4v) is 2.00. The minimum Gasteiger partial charge on any atom is -0.478 e. The Hall–Kier alpha value is -1.35. The Labute approximate surface area is 89.3 Å². The molecule has 1 heterocycles. The lowest BCUT2D eigenvalue weighted by Crippen LogP contribution is -2.35. The van der Waals surface area contributed by atoms with Gasteiger partial charge in [0.2, 0.25) is 0 Å². The molecule has 80 valence electrons. The van der Waals surface area contributed by atoms with E-state index < -0.39 is 5.97 Å². The first-order valence-corrected chi connectivity index (χ1v) is 5.13. The van der Waals surface area contributed by atoms with E-state index in [1.165, 1.54) is 5.56 Å². The highest BCUT2D eigenvalue weighted by molar-refractivity contribution is 5.87. The van der Waals surface area contributed by atoms with E-state index in [0.29, 0.717) is 11.6 Å². The quantitative estimate of drug-likeness (QED) is 0.759. The SMILES string of the molecule is CC1Cc2ccc(C(=O)O)cc2CN1C. The van der Waals surface area contributed by atoms with Gasteiger partial charge in [0.15, 0.2) is 0 Å². The fourth-order valence-electron chi connectivity index (χ4n) is 2.00. The van der Waals surface area contributed by atoms with Gasteiger partial charge in [0, 0.05) is 12.6 Å². The maximum absolute atomic E-state index is 10.8. The molecule has 0 aromatic heterocycles. The number of rotatable bonds is 1. The van der Waals surface area contributed by atoms with Gasteiger partial charge in [-0.1, -0.05) is 6.07 Å². The van der Waals surface area contributed by atoms with Crippen molar-refractivity contribution in [1.82, 2.24) is 4.90 Å². The number of carbonyl (C=O) groups is 1. The van der Waals surface area contributed by atoms with Crippen LogP contribution in [-0.4, -0.2) is 29.1 Å². The lowest BCUT2D eigenvalue weighted by atomic mass is 9.94. The number of likely N-dealkylation sites (N-methyl/N-ethyl adjacent to an activating group) is 1. The second kappa shape index (κ2) is 3.66. The molecule has 3 nitrogen and oxygen atoms in total. The summed E-state index contributed by atoms with van der Waals surface area (Å²) in [5.74, 6) is -0.848. The van der Waals surface area contributed by atoms with Gasteiger partial charge in [0.25, 0.3) is 0 Å². The van der Waals surface area contributed by atoms with Gasteiger partial charge >= 0.3 is 5.97 Å². The molecule has 3 heteroatoms. The molecule has 1 aliphatic rings. The average Bonchev–Trinajstić information content (AvgIpc) is 2.19. The smallest absolute Gasteiger partial charge is 0.335 e. The Morgan fingerprint density at radius 1 is 1.47 bits per heavy atom. The molecule has 1 atom stereocenters. The van der Waals surface area contributed by atoms with Gasteiger partial charge in [-0.05, 0) is 43.7 Å². The minimum absolute atomic E-state index is 0.386. The van der Waals surface area contributed by atoms with E-state index in [9.17, 15) is 4.79 Å². The van der Waals surface area contributed by atoms with Crippen LogP contribution in [0.3, 0.4) is 0 Å². The van der Waals surface area contributed by atoms with Crippen LogP contribution in [0, 0.1) is 0 Å². The molecule has 0 aliphatic carbocycles. The van der Waals surface area contributed by atoms with E-state index in [0.717, 1.165) is 18.5 Å². The van der Waals surface area contributed by atoms with Gasteiger partial charge in [-0.3, -0.25) is 4.90 Å². The van der Waals surface area contributed by atoms with E-state index in [-0.39, 0.29) is 0 Å². The van der Waals surface area contributed by atoms with Crippen molar-refractivity contribution in [3.05, 3.63) is 34.9 Å². The molecular formula is C12H15NO2. The zero-order chi connectivity index (χ0) is 11.0. The van der Waals surface area contributed by atoms with Crippen LogP contribution in [0.15, 0.2) is 18.2 Å². The van der Waals surface area contributed by atoms with E-state index in [4.69, 9.17) is 5.11 Å². The van der Waals surface area contributed by atoms with Crippen molar-refractivity contribution < 1.29 is 9.90 Å². The van der Waals surface area contributed by atoms with Gasteiger partial charge in [-0.15, -0.1) is 0 Å². The molecule has 2 rings (SSSR count). The van der Waals surface area contributed by atoms with Crippen molar-refractivity contribution in [3.8, 4) is 0 Å². The summed E-state index contributed by atoms with van der Waals surface area (Å²) in [6.45, 7) is 3.03. The number of hydrogen-bond acceptors (Lipinski definition) is 2. The Bertz CT molecular complexity index is 401. The van der Waals surface area contributed by atoms with E-state index in [1.54, 1.807) is 12.1 Å². The predicted octanol–water partition coefficient (Wildman–Crippen LogP) is 1.76. The summed E-state index contributed by atoms with van der Waals surface area (Å²) in [7, 11) is 2.07. The number of aromatic carboxylic acids is 1. The summed E-state index contributed by atoms with van der Waals surface area (Å²) in [4.78, 5) is 13.1. The summed E-state index contributed by atoms with van der Waals surface area (Å²) in [6, 6.07) is 5.97. The maximum atomic E-state index is 10.8. The van der Waals surface area contributed by atoms with Crippen LogP contribution in [-0.2, 0) is 13.0 Å². The normalized spacial score (nSPS) is 21.1. The average molecular weight is 205 g/mol. The second-order valence-corrected chi connectivity index (χ2v) is 4.26. The number of benzene rings is 1. The Morgan fingerprint density at radius 3 is 2.87 bits per heavy atom. The Kier molecular flexibility index (Phi) is 2.49. The first-order valence-electron chi connectivity index (χ1n) is 5.13. The van der Waals surface area contributed by atoms with Crippen molar-refractivity contribution >= 4 is 5.97 Å². The third-order valence-electron chi connectivity index (χ3n) is 3.14. The van der Waals surface area contributed by atoms with Crippen molar-refractivity contribution in [2.24, 2.45) is 0 Å². The van der Waals surface area contributed by atoms with Gasteiger partial charge in [-0.2, -0.15) is 0 Å². The minimum atomic E-state index is -0.848. The van der Waals surface area contributed by atoms with Gasteiger partial charge < -0.3 is 5.11 Å². The predicted molar refractivity (Wildman–Crippen MR) is 58.0 cm³/mol. The standard InChI is InChI=1S/C12H15NO2/c1-8-5-9-3-4-10(12(14)15)6-11(9)7-13(8)2/h3-4,6,8H,5,7H2,1-2H3,(H,14,15). The van der Waals surface area contributed by atoms with Crippen LogP contribution in [0.4, 0.5) is 0 Å². The molecule has 15 heavy (non-hydrogen) atoms. The number of hydrogen-bond donors (Lipinski definition) is 1. The molecule has 0 saturated carbocycles. The van der Waals surface area contributed by atoms with Gasteiger partial charge in [0.1, 0.15) is 0 Å². The highest BCUT2D eigenvalue weighted by atomic mass is 16.4. The topological polar surface area (TPSA) is 40.5 Å². The summed E-state index contributed by atoms with van der Waals surface area (Å²) in [5.41, 5.74) is 2.82. The third kappa shape index (κ3) is 1.88. The molecule has 1 N–H and O–H groups in total. The first-order chi connectivity index (χ1) is 7.08. The molecule has 0 fully saturated rings. The van der Waals surface area contributed by atoms with Crippen LogP contribution in [0.1, 0.15) is 28.4 Å². The molecule has 0 bridgehead atoms. The van der Waals surface area contributed by atoms with Crippen molar-refractivity contribution in [2.45, 2.75) is 25.9 Å². The van der Waals surface area contributed by atoms with Gasteiger partial charge in [-0.25, -0.2) is 4.79 Å². The van der Waals surface area contributed by atoms with E-state index in [1.807, 2.05) is 6.07 Å². The zero-order valence-electron chi connectivity index (χ0n) is 9.03. The number of carboxylic acid groups (broad SMARTS) is 1. The summed E-state index contributed by atoms with van der Waals surface area (Å²) in [6.07, 6.45) is 1.01. The fraction of sp³-hybridized carbons (Fsp3) is 0.417. The van der Waals surface area contributed by atoms with E-state index in [2.05, 4.69) is 18.9 Å². The molecule has 0 saturated heterocycles. The molecule has 0 radical (unpaired) electrons. The van der Waals surface area contributed by atoms with Gasteiger partial charge in [0.05, 0.1) is 5.56 Å². The lowest BCUT2D eigenvalue weighted by molar-refractivity contribution is 0.0696. The van der Waals surface area contributed by atoms with Crippen LogP contribution < -0.4 is 0 Å². The summed E-state index contributed by atoms with van der Waals surface area (Å²) in [5, 5.41) is 8.89. The maximum Gasteiger partial charge on any atom is 0.335 e. The largest absolute Gasteiger partial charge is 0.478 e. The summed E-state index contributed by atoms with van der Waals surface area (Å²) >= 11 is 0. The van der Waals surface area contributed by atoms with Crippen LogP contribution in [0.2, 0.25) is 0 Å². The van der Waals surface area contributed by atoms with Crippen molar-refractivity contribution in [2.75, 3.05) is 7.05 Å². The summed E-state index contributed by atoms with van der Waals surface area (Å²) < 4.78 is 0. The molecule has 1 aliphatic heterocycles. The highest BCUT2D eigenvalue weighted by Crippen LogP contribution is 2.22. The van der Waals surface area contributed by atoms with E-state index >= 15 is 0 Å². The molecule has 1 aromatic carbocycles.